The molecule has 40 heavy (non-hydrogen) atoms. The van der Waals surface area contributed by atoms with Crippen LogP contribution in [0.25, 0.3) is 0 Å². The van der Waals surface area contributed by atoms with E-state index < -0.39 is 37.1 Å². The molecule has 0 bridgehead atoms. The quantitative estimate of drug-likeness (QED) is 0.275. The van der Waals surface area contributed by atoms with E-state index in [1.165, 1.54) is 15.4 Å². The Kier molecular flexibility index (Phi) is 14.8. The van der Waals surface area contributed by atoms with Crippen molar-refractivity contribution in [2.24, 2.45) is 0 Å². The third-order valence-electron chi connectivity index (χ3n) is 4.65. The lowest BCUT2D eigenvalue weighted by molar-refractivity contribution is 0.0510. The van der Waals surface area contributed by atoms with E-state index in [0.717, 1.165) is 4.68 Å². The Morgan fingerprint density at radius 3 is 1.65 bits per heavy atom. The summed E-state index contributed by atoms with van der Waals surface area (Å²) in [6.45, 7) is 5.53. The second-order valence-electron chi connectivity index (χ2n) is 7.76. The van der Waals surface area contributed by atoms with Crippen LogP contribution in [0.15, 0.2) is 18.2 Å². The molecule has 0 radical (unpaired) electrons. The lowest BCUT2D eigenvalue weighted by Gasteiger charge is -2.03. The lowest BCUT2D eigenvalue weighted by Crippen LogP contribution is -2.14. The lowest BCUT2D eigenvalue weighted by atomic mass is 10.4. The van der Waals surface area contributed by atoms with Crippen LogP contribution in [0, 0.1) is 31.4 Å². The van der Waals surface area contributed by atoms with E-state index >= 15 is 0 Å². The van der Waals surface area contributed by atoms with Gasteiger partial charge in [0, 0.05) is 11.8 Å². The number of aromatic carboxylic acids is 1. The number of thiocyanates is 1. The summed E-state index contributed by atoms with van der Waals surface area (Å²) in [5, 5.41) is 29.9. The maximum absolute atomic E-state index is 12.1. The van der Waals surface area contributed by atoms with Crippen molar-refractivity contribution in [2.75, 3.05) is 26.6 Å². The molecule has 0 saturated carbocycles. The third kappa shape index (κ3) is 10.6. The summed E-state index contributed by atoms with van der Waals surface area (Å²) >= 11 is 0.521. The summed E-state index contributed by atoms with van der Waals surface area (Å²) in [5.41, 5.74) is 2.52. The normalized spacial score (nSPS) is 10.1. The Balaban J connectivity index is 0.000000301. The second-order valence-corrected chi connectivity index (χ2v) is 8.51. The molecule has 3 aromatic heterocycles. The number of hydrogen-bond acceptors (Lipinski definition) is 9. The molecule has 0 saturated heterocycles. The number of halogens is 3. The fourth-order valence-electron chi connectivity index (χ4n) is 3.19. The molecule has 218 valence electrons. The van der Waals surface area contributed by atoms with Crippen molar-refractivity contribution in [3.63, 3.8) is 0 Å². The van der Waals surface area contributed by atoms with Gasteiger partial charge in [-0.3, -0.25) is 18.8 Å². The van der Waals surface area contributed by atoms with Crippen LogP contribution in [0.4, 0.5) is 13.2 Å². The summed E-state index contributed by atoms with van der Waals surface area (Å²) in [6.07, 6.45) is 0. The minimum atomic E-state index is -1.08. The molecular formula is C24H30F3N7O5S. The maximum atomic E-state index is 12.1. The van der Waals surface area contributed by atoms with Crippen LogP contribution >= 0.6 is 11.8 Å². The molecule has 0 aliphatic rings. The van der Waals surface area contributed by atoms with Gasteiger partial charge < -0.3 is 9.84 Å². The minimum absolute atomic E-state index is 0.00449. The topological polar surface area (TPSA) is 158 Å². The largest absolute Gasteiger partial charge is 0.477 e. The van der Waals surface area contributed by atoms with Gasteiger partial charge in [0.15, 0.2) is 0 Å². The van der Waals surface area contributed by atoms with Crippen LogP contribution < -0.4 is 0 Å². The number of aromatic nitrogens is 6. The number of carbonyl (C=O) groups is 3. The van der Waals surface area contributed by atoms with Crippen LogP contribution in [-0.4, -0.2) is 78.1 Å². The highest BCUT2D eigenvalue weighted by atomic mass is 32.2. The number of rotatable bonds is 10. The second kappa shape index (κ2) is 17.5. The molecule has 3 rings (SSSR count). The van der Waals surface area contributed by atoms with Gasteiger partial charge in [0.1, 0.15) is 42.5 Å². The number of ether oxygens (including phenoxy) is 1. The number of nitriles is 1. The fraction of sp³-hybridized carbons (Fsp3) is 0.458. The van der Waals surface area contributed by atoms with E-state index in [0.29, 0.717) is 41.1 Å². The summed E-state index contributed by atoms with van der Waals surface area (Å²) in [7, 11) is 0. The highest BCUT2D eigenvalue weighted by Gasteiger charge is 2.15. The standard InChI is InChI=1S/C9H13FN2O2.C8H8FN3OS.C7H9FN2O2/c1-3-14-9(13)8-6-7(2)11-12(8)5-4-10;1-6-4-7(8(13)14-5-10)12(11-6)3-2-9;1-5-4-6(7(11)12)10(9-5)3-2-8/h6H,3-5H2,1-2H3;4H,2-3H2,1H3;4H,2-3H2,1H3,(H,11,12). The molecule has 0 atom stereocenters. The SMILES string of the molecule is CCOC(=O)c1cc(C)nn1CCF.Cc1cc(C(=O)O)n(CCF)n1.Cc1cc(C(=O)SC#N)n(CCF)n1. The number of carboxylic acid groups (broad SMARTS) is 1. The molecule has 0 fully saturated rings. The number of nitrogens with zero attached hydrogens (tertiary/aromatic N) is 7. The molecule has 1 N–H and O–H groups in total. The van der Waals surface area contributed by atoms with Crippen molar-refractivity contribution >= 4 is 28.8 Å². The third-order valence-corrected chi connectivity index (χ3v) is 5.13. The summed E-state index contributed by atoms with van der Waals surface area (Å²) in [4.78, 5) is 33.2. The van der Waals surface area contributed by atoms with E-state index in [9.17, 15) is 27.6 Å². The average molecular weight is 586 g/mol. The zero-order chi connectivity index (χ0) is 30.2. The molecule has 0 amide bonds. The first-order chi connectivity index (χ1) is 19.0. The molecule has 12 nitrogen and oxygen atoms in total. The van der Waals surface area contributed by atoms with Gasteiger partial charge in [0.25, 0.3) is 5.12 Å². The molecule has 0 unspecified atom stereocenters. The highest BCUT2D eigenvalue weighted by molar-refractivity contribution is 8.18. The molecule has 0 aliphatic heterocycles. The van der Waals surface area contributed by atoms with Gasteiger partial charge >= 0.3 is 11.9 Å². The van der Waals surface area contributed by atoms with Crippen molar-refractivity contribution in [1.29, 1.82) is 5.26 Å². The van der Waals surface area contributed by atoms with E-state index in [2.05, 4.69) is 15.3 Å². The van der Waals surface area contributed by atoms with E-state index in [-0.39, 0.29) is 31.0 Å². The Bertz CT molecular complexity index is 1320. The van der Waals surface area contributed by atoms with Crippen LogP contribution in [0.3, 0.4) is 0 Å². The number of carbonyl (C=O) groups excluding carboxylic acids is 2. The Labute approximate surface area is 232 Å². The van der Waals surface area contributed by atoms with Crippen molar-refractivity contribution in [3.05, 3.63) is 52.4 Å². The van der Waals surface area contributed by atoms with Crippen LogP contribution in [0.5, 0.6) is 0 Å². The average Bonchev–Trinajstić information content (AvgIpc) is 3.57. The van der Waals surface area contributed by atoms with Crippen molar-refractivity contribution in [1.82, 2.24) is 29.3 Å². The van der Waals surface area contributed by atoms with Gasteiger partial charge in [-0.2, -0.15) is 20.6 Å². The fourth-order valence-corrected chi connectivity index (χ4v) is 3.54. The van der Waals surface area contributed by atoms with Gasteiger partial charge in [-0.25, -0.2) is 22.8 Å². The zero-order valence-electron chi connectivity index (χ0n) is 22.4. The number of esters is 1. The monoisotopic (exact) mass is 585 g/mol. The first kappa shape index (κ1) is 33.9. The Morgan fingerprint density at radius 1 is 0.850 bits per heavy atom. The number of alkyl halides is 3. The van der Waals surface area contributed by atoms with Gasteiger partial charge in [-0.15, -0.1) is 0 Å². The highest BCUT2D eigenvalue weighted by Crippen LogP contribution is 2.12. The van der Waals surface area contributed by atoms with Gasteiger partial charge in [-0.1, -0.05) is 0 Å². The van der Waals surface area contributed by atoms with Crippen molar-refractivity contribution in [2.45, 2.75) is 47.3 Å². The molecule has 16 heteroatoms. The molecule has 3 heterocycles. The number of thioether (sulfide) groups is 1. The molecule has 3 aromatic rings. The molecule has 0 spiro atoms. The summed E-state index contributed by atoms with van der Waals surface area (Å²) < 4.78 is 44.6. The van der Waals surface area contributed by atoms with Crippen LogP contribution in [0.2, 0.25) is 0 Å². The van der Waals surface area contributed by atoms with E-state index in [1.54, 1.807) is 45.2 Å². The summed E-state index contributed by atoms with van der Waals surface area (Å²) in [6, 6.07) is 4.55. The van der Waals surface area contributed by atoms with Gasteiger partial charge in [0.2, 0.25) is 0 Å². The Hall–Kier alpha value is -4.13. The van der Waals surface area contributed by atoms with Crippen molar-refractivity contribution in [3.8, 4) is 5.40 Å². The van der Waals surface area contributed by atoms with Crippen LogP contribution in [0.1, 0.15) is 55.5 Å². The van der Waals surface area contributed by atoms with E-state index in [1.807, 2.05) is 0 Å². The maximum Gasteiger partial charge on any atom is 0.356 e. The van der Waals surface area contributed by atoms with Gasteiger partial charge in [-0.05, 0) is 45.9 Å². The van der Waals surface area contributed by atoms with E-state index in [4.69, 9.17) is 15.1 Å². The molecular weight excluding hydrogens is 555 g/mol. The summed E-state index contributed by atoms with van der Waals surface area (Å²) in [5.74, 6) is -1.54. The van der Waals surface area contributed by atoms with Gasteiger partial charge in [0.05, 0.1) is 43.3 Å². The number of aryl methyl sites for hydroxylation is 6. The first-order valence-electron chi connectivity index (χ1n) is 11.8. The Morgan fingerprint density at radius 2 is 1.25 bits per heavy atom. The predicted molar refractivity (Wildman–Crippen MR) is 139 cm³/mol. The predicted octanol–water partition coefficient (Wildman–Crippen LogP) is 3.71. The smallest absolute Gasteiger partial charge is 0.356 e. The van der Waals surface area contributed by atoms with Crippen molar-refractivity contribution < 1.29 is 37.4 Å². The first-order valence-corrected chi connectivity index (χ1v) is 12.7. The number of carboxylic acids is 1. The molecule has 0 aliphatic carbocycles. The minimum Gasteiger partial charge on any atom is -0.477 e. The number of hydrogen-bond donors (Lipinski definition) is 1. The molecule has 0 aromatic carbocycles. The zero-order valence-corrected chi connectivity index (χ0v) is 23.3. The van der Waals surface area contributed by atoms with Crippen LogP contribution in [-0.2, 0) is 24.4 Å².